The number of ether oxygens (including phenoxy) is 1. The average Bonchev–Trinajstić information content (AvgIpc) is 2.17. The topological polar surface area (TPSA) is 50.4 Å². The highest BCUT2D eigenvalue weighted by Gasteiger charge is 1.99. The van der Waals surface area contributed by atoms with Crippen LogP contribution in [0.3, 0.4) is 0 Å². The molecule has 0 saturated heterocycles. The van der Waals surface area contributed by atoms with Gasteiger partial charge in [-0.2, -0.15) is 0 Å². The van der Waals surface area contributed by atoms with E-state index in [1.54, 1.807) is 0 Å². The van der Waals surface area contributed by atoms with Crippen LogP contribution in [0.2, 0.25) is 0 Å². The molecule has 0 aromatic rings. The Hall–Kier alpha value is -0.610. The SMILES string of the molecule is CCNCCC(=O)NCCOCC(C)C. The standard InChI is InChI=1S/C11H24N2O2/c1-4-12-6-5-11(14)13-7-8-15-9-10(2)3/h10,12H,4-9H2,1-3H3,(H,13,14). The maximum absolute atomic E-state index is 11.2. The fourth-order valence-corrected chi connectivity index (χ4v) is 1.05. The molecule has 0 aromatic carbocycles. The Morgan fingerprint density at radius 1 is 1.33 bits per heavy atom. The molecule has 0 atom stereocenters. The lowest BCUT2D eigenvalue weighted by atomic mass is 10.2. The van der Waals surface area contributed by atoms with Crippen molar-refractivity contribution < 1.29 is 9.53 Å². The minimum absolute atomic E-state index is 0.0871. The maximum Gasteiger partial charge on any atom is 0.221 e. The van der Waals surface area contributed by atoms with Crippen LogP contribution in [0, 0.1) is 5.92 Å². The second kappa shape index (κ2) is 9.93. The quantitative estimate of drug-likeness (QED) is 0.560. The summed E-state index contributed by atoms with van der Waals surface area (Å²) < 4.78 is 5.34. The summed E-state index contributed by atoms with van der Waals surface area (Å²) in [5.41, 5.74) is 0. The van der Waals surface area contributed by atoms with Gasteiger partial charge >= 0.3 is 0 Å². The molecular weight excluding hydrogens is 192 g/mol. The van der Waals surface area contributed by atoms with Crippen molar-refractivity contribution in [1.82, 2.24) is 10.6 Å². The number of amides is 1. The molecule has 0 aliphatic rings. The van der Waals surface area contributed by atoms with Gasteiger partial charge in [-0.25, -0.2) is 0 Å². The highest BCUT2D eigenvalue weighted by atomic mass is 16.5. The fraction of sp³-hybridized carbons (Fsp3) is 0.909. The predicted molar refractivity (Wildman–Crippen MR) is 61.8 cm³/mol. The number of carbonyl (C=O) groups excluding carboxylic acids is 1. The summed E-state index contributed by atoms with van der Waals surface area (Å²) >= 11 is 0. The zero-order valence-corrected chi connectivity index (χ0v) is 10.1. The van der Waals surface area contributed by atoms with Gasteiger partial charge in [0.15, 0.2) is 0 Å². The number of hydrogen-bond donors (Lipinski definition) is 2. The van der Waals surface area contributed by atoms with E-state index in [2.05, 4.69) is 24.5 Å². The van der Waals surface area contributed by atoms with Crippen LogP contribution >= 0.6 is 0 Å². The summed E-state index contributed by atoms with van der Waals surface area (Å²) in [6.45, 7) is 9.86. The van der Waals surface area contributed by atoms with Crippen LogP contribution in [0.15, 0.2) is 0 Å². The molecule has 0 aliphatic heterocycles. The first kappa shape index (κ1) is 14.4. The van der Waals surface area contributed by atoms with Crippen LogP contribution in [-0.2, 0) is 9.53 Å². The van der Waals surface area contributed by atoms with E-state index in [1.807, 2.05) is 6.92 Å². The molecule has 4 heteroatoms. The van der Waals surface area contributed by atoms with E-state index in [4.69, 9.17) is 4.74 Å². The minimum Gasteiger partial charge on any atom is -0.379 e. The zero-order valence-electron chi connectivity index (χ0n) is 10.1. The molecule has 0 heterocycles. The number of carbonyl (C=O) groups is 1. The van der Waals surface area contributed by atoms with Crippen molar-refractivity contribution in [1.29, 1.82) is 0 Å². The Morgan fingerprint density at radius 3 is 2.67 bits per heavy atom. The summed E-state index contributed by atoms with van der Waals surface area (Å²) in [5.74, 6) is 0.638. The van der Waals surface area contributed by atoms with Gasteiger partial charge in [-0.15, -0.1) is 0 Å². The maximum atomic E-state index is 11.2. The summed E-state index contributed by atoms with van der Waals surface area (Å²) in [7, 11) is 0. The highest BCUT2D eigenvalue weighted by molar-refractivity contribution is 5.75. The van der Waals surface area contributed by atoms with Gasteiger partial charge in [0.2, 0.25) is 5.91 Å². The predicted octanol–water partition coefficient (Wildman–Crippen LogP) is 0.775. The van der Waals surface area contributed by atoms with Crippen molar-refractivity contribution in [3.63, 3.8) is 0 Å². The molecule has 0 bridgehead atoms. The largest absolute Gasteiger partial charge is 0.379 e. The number of nitrogens with one attached hydrogen (secondary N) is 2. The van der Waals surface area contributed by atoms with Crippen LogP contribution < -0.4 is 10.6 Å². The molecule has 1 amide bonds. The summed E-state index contributed by atoms with van der Waals surface area (Å²) in [6, 6.07) is 0. The van der Waals surface area contributed by atoms with Gasteiger partial charge in [0.1, 0.15) is 0 Å². The van der Waals surface area contributed by atoms with Gasteiger partial charge in [-0.3, -0.25) is 4.79 Å². The Balaban J connectivity index is 3.17. The van der Waals surface area contributed by atoms with Gasteiger partial charge in [-0.1, -0.05) is 20.8 Å². The van der Waals surface area contributed by atoms with Crippen molar-refractivity contribution in [3.05, 3.63) is 0 Å². The van der Waals surface area contributed by atoms with E-state index in [0.29, 0.717) is 25.5 Å². The van der Waals surface area contributed by atoms with E-state index >= 15 is 0 Å². The van der Waals surface area contributed by atoms with Crippen LogP contribution in [-0.4, -0.2) is 38.8 Å². The summed E-state index contributed by atoms with van der Waals surface area (Å²) in [6.07, 6.45) is 0.540. The van der Waals surface area contributed by atoms with Crippen molar-refractivity contribution in [2.75, 3.05) is 32.8 Å². The van der Waals surface area contributed by atoms with Gasteiger partial charge in [0, 0.05) is 26.1 Å². The molecule has 0 fully saturated rings. The highest BCUT2D eigenvalue weighted by Crippen LogP contribution is 1.90. The van der Waals surface area contributed by atoms with Crippen LogP contribution in [0.5, 0.6) is 0 Å². The van der Waals surface area contributed by atoms with Crippen LogP contribution in [0.4, 0.5) is 0 Å². The van der Waals surface area contributed by atoms with Gasteiger partial charge < -0.3 is 15.4 Å². The molecular formula is C11H24N2O2. The van der Waals surface area contributed by atoms with Crippen molar-refractivity contribution in [2.24, 2.45) is 5.92 Å². The van der Waals surface area contributed by atoms with Crippen LogP contribution in [0.1, 0.15) is 27.2 Å². The second-order valence-electron chi connectivity index (χ2n) is 3.92. The minimum atomic E-state index is 0.0871. The molecule has 0 rings (SSSR count). The molecule has 0 aromatic heterocycles. The summed E-state index contributed by atoms with van der Waals surface area (Å²) in [5, 5.41) is 5.91. The Bertz CT molecular complexity index is 161. The van der Waals surface area contributed by atoms with Crippen LogP contribution in [0.25, 0.3) is 0 Å². The number of hydrogen-bond acceptors (Lipinski definition) is 3. The molecule has 0 saturated carbocycles. The zero-order chi connectivity index (χ0) is 11.5. The number of rotatable bonds is 9. The fourth-order valence-electron chi connectivity index (χ4n) is 1.05. The first-order valence-corrected chi connectivity index (χ1v) is 5.72. The van der Waals surface area contributed by atoms with Crippen molar-refractivity contribution in [3.8, 4) is 0 Å². The van der Waals surface area contributed by atoms with Gasteiger partial charge in [-0.05, 0) is 12.5 Å². The molecule has 15 heavy (non-hydrogen) atoms. The molecule has 90 valence electrons. The third-order valence-corrected chi connectivity index (χ3v) is 1.80. The van der Waals surface area contributed by atoms with Crippen molar-refractivity contribution >= 4 is 5.91 Å². The van der Waals surface area contributed by atoms with E-state index in [-0.39, 0.29) is 5.91 Å². The van der Waals surface area contributed by atoms with Gasteiger partial charge in [0.25, 0.3) is 0 Å². The lowest BCUT2D eigenvalue weighted by Crippen LogP contribution is -2.30. The molecule has 0 aliphatic carbocycles. The third kappa shape index (κ3) is 11.3. The van der Waals surface area contributed by atoms with E-state index in [0.717, 1.165) is 19.7 Å². The molecule has 0 unspecified atom stereocenters. The Morgan fingerprint density at radius 2 is 2.07 bits per heavy atom. The van der Waals surface area contributed by atoms with E-state index in [1.165, 1.54) is 0 Å². The first-order chi connectivity index (χ1) is 7.16. The van der Waals surface area contributed by atoms with E-state index in [9.17, 15) is 4.79 Å². The van der Waals surface area contributed by atoms with E-state index < -0.39 is 0 Å². The Kier molecular flexibility index (Phi) is 9.52. The Labute approximate surface area is 92.8 Å². The smallest absolute Gasteiger partial charge is 0.221 e. The van der Waals surface area contributed by atoms with Gasteiger partial charge in [0.05, 0.1) is 6.61 Å². The molecule has 2 N–H and O–H groups in total. The monoisotopic (exact) mass is 216 g/mol. The lowest BCUT2D eigenvalue weighted by Gasteiger charge is -2.08. The third-order valence-electron chi connectivity index (χ3n) is 1.80. The molecule has 0 radical (unpaired) electrons. The summed E-state index contributed by atoms with van der Waals surface area (Å²) in [4.78, 5) is 11.2. The average molecular weight is 216 g/mol. The second-order valence-corrected chi connectivity index (χ2v) is 3.92. The lowest BCUT2D eigenvalue weighted by molar-refractivity contribution is -0.121. The first-order valence-electron chi connectivity index (χ1n) is 5.72. The van der Waals surface area contributed by atoms with Crippen molar-refractivity contribution in [2.45, 2.75) is 27.2 Å². The molecule has 0 spiro atoms. The molecule has 4 nitrogen and oxygen atoms in total. The normalized spacial score (nSPS) is 10.7.